The molecule has 1 heterocycles. The molecule has 1 aromatic heterocycles. The van der Waals surface area contributed by atoms with Crippen molar-refractivity contribution < 1.29 is 17.7 Å². The van der Waals surface area contributed by atoms with E-state index in [1.165, 1.54) is 6.92 Å². The molecule has 164 valence electrons. The molecule has 1 amide bonds. The summed E-state index contributed by atoms with van der Waals surface area (Å²) < 4.78 is 31.2. The summed E-state index contributed by atoms with van der Waals surface area (Å²) in [7, 11) is -3.69. The predicted molar refractivity (Wildman–Crippen MR) is 119 cm³/mol. The molecule has 0 saturated heterocycles. The van der Waals surface area contributed by atoms with Crippen molar-refractivity contribution in [2.45, 2.75) is 40.3 Å². The lowest BCUT2D eigenvalue weighted by molar-refractivity contribution is -0.122. The summed E-state index contributed by atoms with van der Waals surface area (Å²) in [5, 5.41) is 6.63. The second-order valence-corrected chi connectivity index (χ2v) is 9.46. The fraction of sp³-hybridized carbons (Fsp3) is 0.318. The van der Waals surface area contributed by atoms with Gasteiger partial charge in [-0.1, -0.05) is 35.0 Å². The van der Waals surface area contributed by atoms with Crippen LogP contribution in [0.4, 0.5) is 5.69 Å². The largest absolute Gasteiger partial charge is 0.345 e. The summed E-state index contributed by atoms with van der Waals surface area (Å²) >= 11 is 0. The van der Waals surface area contributed by atoms with Crippen molar-refractivity contribution in [1.82, 2.24) is 15.5 Å². The van der Waals surface area contributed by atoms with E-state index in [-0.39, 0.29) is 12.4 Å². The number of rotatable bonds is 7. The Kier molecular flexibility index (Phi) is 6.45. The molecule has 1 unspecified atom stereocenters. The Morgan fingerprint density at radius 1 is 1.13 bits per heavy atom. The predicted octanol–water partition coefficient (Wildman–Crippen LogP) is 3.13. The standard InChI is InChI=1S/C22H26N4O4S/c1-14-7-6-8-18(11-14)21-24-20(30-25-21)13-23-22(27)17(4)26(31(5,28)29)19-10-9-15(2)16(3)12-19/h6-12,17H,13H2,1-5H3,(H,23,27). The van der Waals surface area contributed by atoms with Gasteiger partial charge in [0.15, 0.2) is 0 Å². The van der Waals surface area contributed by atoms with Crippen LogP contribution in [0.3, 0.4) is 0 Å². The minimum Gasteiger partial charge on any atom is -0.345 e. The minimum absolute atomic E-state index is 0.00742. The average Bonchev–Trinajstić information content (AvgIpc) is 3.17. The van der Waals surface area contributed by atoms with E-state index >= 15 is 0 Å². The van der Waals surface area contributed by atoms with Crippen LogP contribution < -0.4 is 9.62 Å². The van der Waals surface area contributed by atoms with Crippen molar-refractivity contribution in [1.29, 1.82) is 0 Å². The highest BCUT2D eigenvalue weighted by atomic mass is 32.2. The van der Waals surface area contributed by atoms with Gasteiger partial charge < -0.3 is 9.84 Å². The third-order valence-corrected chi connectivity index (χ3v) is 6.23. The lowest BCUT2D eigenvalue weighted by Gasteiger charge is -2.28. The molecule has 9 heteroatoms. The summed E-state index contributed by atoms with van der Waals surface area (Å²) in [5.74, 6) is 0.182. The summed E-state index contributed by atoms with van der Waals surface area (Å²) in [6.45, 7) is 7.33. The molecule has 1 N–H and O–H groups in total. The first-order valence-corrected chi connectivity index (χ1v) is 11.6. The molecule has 3 aromatic rings. The molecular weight excluding hydrogens is 416 g/mol. The number of carbonyl (C=O) groups excluding carboxylic acids is 1. The topological polar surface area (TPSA) is 105 Å². The fourth-order valence-electron chi connectivity index (χ4n) is 3.21. The van der Waals surface area contributed by atoms with E-state index in [9.17, 15) is 13.2 Å². The average molecular weight is 443 g/mol. The molecule has 0 aliphatic heterocycles. The summed E-state index contributed by atoms with van der Waals surface area (Å²) in [6.07, 6.45) is 1.08. The summed E-state index contributed by atoms with van der Waals surface area (Å²) in [5.41, 5.74) is 4.29. The van der Waals surface area contributed by atoms with E-state index in [0.29, 0.717) is 11.5 Å². The molecule has 0 saturated carbocycles. The van der Waals surface area contributed by atoms with Crippen molar-refractivity contribution in [2.75, 3.05) is 10.6 Å². The number of sulfonamides is 1. The number of anilines is 1. The van der Waals surface area contributed by atoms with Crippen LogP contribution in [-0.4, -0.2) is 36.8 Å². The number of carbonyl (C=O) groups is 1. The lowest BCUT2D eigenvalue weighted by Crippen LogP contribution is -2.47. The smallest absolute Gasteiger partial charge is 0.246 e. The molecule has 0 aliphatic rings. The van der Waals surface area contributed by atoms with Gasteiger partial charge in [-0.2, -0.15) is 4.98 Å². The van der Waals surface area contributed by atoms with Gasteiger partial charge in [-0.3, -0.25) is 9.10 Å². The molecule has 2 aromatic carbocycles. The number of nitrogens with zero attached hydrogens (tertiary/aromatic N) is 3. The Hall–Kier alpha value is -3.20. The molecule has 0 bridgehead atoms. The highest BCUT2D eigenvalue weighted by Crippen LogP contribution is 2.24. The number of amides is 1. The van der Waals surface area contributed by atoms with Crippen molar-refractivity contribution in [3.05, 3.63) is 65.0 Å². The van der Waals surface area contributed by atoms with Crippen molar-refractivity contribution in [2.24, 2.45) is 0 Å². The molecule has 0 aliphatic carbocycles. The zero-order chi connectivity index (χ0) is 22.8. The van der Waals surface area contributed by atoms with Gasteiger partial charge in [0.1, 0.15) is 6.04 Å². The van der Waals surface area contributed by atoms with Crippen LogP contribution in [0.1, 0.15) is 29.5 Å². The Labute approximate surface area is 182 Å². The highest BCUT2D eigenvalue weighted by Gasteiger charge is 2.29. The van der Waals surface area contributed by atoms with E-state index in [1.807, 2.05) is 51.1 Å². The van der Waals surface area contributed by atoms with E-state index in [4.69, 9.17) is 4.52 Å². The fourth-order valence-corrected chi connectivity index (χ4v) is 4.38. The first-order valence-electron chi connectivity index (χ1n) is 9.80. The van der Waals surface area contributed by atoms with Crippen LogP contribution in [0.25, 0.3) is 11.4 Å². The third kappa shape index (κ3) is 5.29. The van der Waals surface area contributed by atoms with Gasteiger partial charge in [0, 0.05) is 5.56 Å². The number of hydrogen-bond donors (Lipinski definition) is 1. The maximum atomic E-state index is 12.7. The van der Waals surface area contributed by atoms with Gasteiger partial charge in [0.05, 0.1) is 18.5 Å². The third-order valence-electron chi connectivity index (χ3n) is 4.99. The number of benzene rings is 2. The highest BCUT2D eigenvalue weighted by molar-refractivity contribution is 7.92. The maximum Gasteiger partial charge on any atom is 0.246 e. The van der Waals surface area contributed by atoms with E-state index < -0.39 is 22.0 Å². The van der Waals surface area contributed by atoms with Gasteiger partial charge in [0.25, 0.3) is 0 Å². The van der Waals surface area contributed by atoms with Crippen LogP contribution in [0.15, 0.2) is 47.0 Å². The van der Waals surface area contributed by atoms with E-state index in [0.717, 1.165) is 32.8 Å². The van der Waals surface area contributed by atoms with E-state index in [2.05, 4.69) is 15.5 Å². The molecule has 31 heavy (non-hydrogen) atoms. The van der Waals surface area contributed by atoms with Gasteiger partial charge in [-0.05, 0) is 57.0 Å². The van der Waals surface area contributed by atoms with Crippen LogP contribution in [-0.2, 0) is 21.4 Å². The van der Waals surface area contributed by atoms with E-state index in [1.54, 1.807) is 12.1 Å². The summed E-state index contributed by atoms with van der Waals surface area (Å²) in [4.78, 5) is 17.0. The second-order valence-electron chi connectivity index (χ2n) is 7.60. The number of aryl methyl sites for hydroxylation is 3. The Balaban J connectivity index is 1.73. The summed E-state index contributed by atoms with van der Waals surface area (Å²) in [6, 6.07) is 12.0. The van der Waals surface area contributed by atoms with Gasteiger partial charge in [-0.25, -0.2) is 8.42 Å². The molecule has 0 radical (unpaired) electrons. The first-order chi connectivity index (χ1) is 14.6. The van der Waals surface area contributed by atoms with Crippen LogP contribution >= 0.6 is 0 Å². The Morgan fingerprint density at radius 2 is 1.87 bits per heavy atom. The molecular formula is C22H26N4O4S. The number of aromatic nitrogens is 2. The Bertz CT molecular complexity index is 1200. The maximum absolute atomic E-state index is 12.7. The van der Waals surface area contributed by atoms with Crippen LogP contribution in [0, 0.1) is 20.8 Å². The van der Waals surface area contributed by atoms with Crippen molar-refractivity contribution in [3.63, 3.8) is 0 Å². The Morgan fingerprint density at radius 3 is 2.52 bits per heavy atom. The molecule has 3 rings (SSSR count). The molecule has 1 atom stereocenters. The molecule has 0 spiro atoms. The zero-order valence-electron chi connectivity index (χ0n) is 18.2. The minimum atomic E-state index is -3.69. The normalized spacial score (nSPS) is 12.4. The quantitative estimate of drug-likeness (QED) is 0.603. The van der Waals surface area contributed by atoms with Gasteiger partial charge >= 0.3 is 0 Å². The molecule has 0 fully saturated rings. The van der Waals surface area contributed by atoms with Crippen LogP contribution in [0.5, 0.6) is 0 Å². The van der Waals surface area contributed by atoms with Crippen LogP contribution in [0.2, 0.25) is 0 Å². The zero-order valence-corrected chi connectivity index (χ0v) is 19.0. The SMILES string of the molecule is Cc1cccc(-c2noc(CNC(=O)C(C)N(c3ccc(C)c(C)c3)S(C)(=O)=O)n2)c1. The van der Waals surface area contributed by atoms with Crippen molar-refractivity contribution in [3.8, 4) is 11.4 Å². The molecule has 8 nitrogen and oxygen atoms in total. The monoisotopic (exact) mass is 442 g/mol. The second kappa shape index (κ2) is 8.89. The van der Waals surface area contributed by atoms with Gasteiger partial charge in [0.2, 0.25) is 27.6 Å². The number of nitrogens with one attached hydrogen (secondary N) is 1. The van der Waals surface area contributed by atoms with Gasteiger partial charge in [-0.15, -0.1) is 0 Å². The first kappa shape index (κ1) is 22.5. The lowest BCUT2D eigenvalue weighted by atomic mass is 10.1. The van der Waals surface area contributed by atoms with Crippen molar-refractivity contribution >= 4 is 21.6 Å². The number of hydrogen-bond acceptors (Lipinski definition) is 6.